The van der Waals surface area contributed by atoms with E-state index in [1.54, 1.807) is 4.90 Å². The van der Waals surface area contributed by atoms with Gasteiger partial charge in [-0.3, -0.25) is 4.79 Å². The molecule has 0 N–H and O–H groups in total. The van der Waals surface area contributed by atoms with E-state index in [-0.39, 0.29) is 11.8 Å². The number of fused-ring (bicyclic) bond motifs is 1. The summed E-state index contributed by atoms with van der Waals surface area (Å²) in [6.45, 7) is 5.29. The van der Waals surface area contributed by atoms with Crippen molar-refractivity contribution in [2.24, 2.45) is 0 Å². The minimum atomic E-state index is -0.402. The maximum Gasteiger partial charge on any atom is 0.276 e. The molecule has 0 radical (unpaired) electrons. The summed E-state index contributed by atoms with van der Waals surface area (Å²) in [4.78, 5) is 14.6. The molecule has 134 valence electrons. The Hall–Kier alpha value is -2.22. The predicted octanol–water partition coefficient (Wildman–Crippen LogP) is 2.27. The van der Waals surface area contributed by atoms with Crippen molar-refractivity contribution in [1.29, 1.82) is 0 Å². The first-order valence-corrected chi connectivity index (χ1v) is 8.85. The number of nitrogens with zero attached hydrogens (tertiary/aromatic N) is 4. The van der Waals surface area contributed by atoms with E-state index in [0.29, 0.717) is 37.2 Å². The lowest BCUT2D eigenvalue weighted by atomic mass is 9.96. The van der Waals surface area contributed by atoms with Gasteiger partial charge in [0.05, 0.1) is 13.2 Å². The molecule has 0 bridgehead atoms. The van der Waals surface area contributed by atoms with Crippen LogP contribution < -0.4 is 0 Å². The predicted molar refractivity (Wildman–Crippen MR) is 86.1 cm³/mol. The van der Waals surface area contributed by atoms with E-state index < -0.39 is 6.10 Å². The molecule has 0 spiro atoms. The van der Waals surface area contributed by atoms with Crippen molar-refractivity contribution in [2.75, 3.05) is 19.7 Å². The van der Waals surface area contributed by atoms with Crippen LogP contribution in [0.1, 0.15) is 72.3 Å². The summed E-state index contributed by atoms with van der Waals surface area (Å²) in [5, 5.41) is 12.2. The fourth-order valence-electron chi connectivity index (χ4n) is 3.30. The van der Waals surface area contributed by atoms with Crippen molar-refractivity contribution >= 4 is 5.91 Å². The van der Waals surface area contributed by atoms with Gasteiger partial charge >= 0.3 is 0 Å². The van der Waals surface area contributed by atoms with Crippen LogP contribution in [0.25, 0.3) is 0 Å². The average Bonchev–Trinajstić information content (AvgIpc) is 3.28. The highest BCUT2D eigenvalue weighted by Crippen LogP contribution is 2.28. The van der Waals surface area contributed by atoms with Crippen molar-refractivity contribution in [3.05, 3.63) is 28.8 Å². The monoisotopic (exact) mass is 346 g/mol. The van der Waals surface area contributed by atoms with E-state index in [4.69, 9.17) is 13.7 Å². The van der Waals surface area contributed by atoms with Crippen LogP contribution in [0.15, 0.2) is 8.94 Å². The van der Waals surface area contributed by atoms with Crippen molar-refractivity contribution in [1.82, 2.24) is 20.3 Å². The maximum atomic E-state index is 12.9. The number of hydrogen-bond donors (Lipinski definition) is 0. The quantitative estimate of drug-likeness (QED) is 0.841. The highest BCUT2D eigenvalue weighted by molar-refractivity contribution is 5.94. The van der Waals surface area contributed by atoms with Gasteiger partial charge in [-0.25, -0.2) is 0 Å². The number of hydrogen-bond acceptors (Lipinski definition) is 7. The van der Waals surface area contributed by atoms with Crippen LogP contribution in [0, 0.1) is 0 Å². The summed E-state index contributed by atoms with van der Waals surface area (Å²) in [5.74, 6) is 1.90. The van der Waals surface area contributed by atoms with E-state index in [9.17, 15) is 4.79 Å². The van der Waals surface area contributed by atoms with Crippen LogP contribution in [0.3, 0.4) is 0 Å². The van der Waals surface area contributed by atoms with Crippen molar-refractivity contribution in [3.63, 3.8) is 0 Å². The van der Waals surface area contributed by atoms with Crippen LogP contribution >= 0.6 is 0 Å². The van der Waals surface area contributed by atoms with Crippen molar-refractivity contribution in [2.45, 2.75) is 51.6 Å². The smallest absolute Gasteiger partial charge is 0.276 e. The van der Waals surface area contributed by atoms with Gasteiger partial charge in [0, 0.05) is 24.4 Å². The molecule has 2 aliphatic rings. The lowest BCUT2D eigenvalue weighted by molar-refractivity contribution is -0.0354. The number of aryl methyl sites for hydroxylation is 1. The van der Waals surface area contributed by atoms with Gasteiger partial charge in [0.2, 0.25) is 11.8 Å². The fraction of sp³-hybridized carbons (Fsp3) is 0.647. The molecule has 0 saturated carbocycles. The molecular formula is C17H22N4O4. The van der Waals surface area contributed by atoms with Gasteiger partial charge in [-0.1, -0.05) is 19.0 Å². The Morgan fingerprint density at radius 2 is 2.08 bits per heavy atom. The van der Waals surface area contributed by atoms with Crippen molar-refractivity contribution < 1.29 is 18.5 Å². The van der Waals surface area contributed by atoms with E-state index in [1.165, 1.54) is 0 Å². The van der Waals surface area contributed by atoms with Gasteiger partial charge in [0.1, 0.15) is 5.76 Å². The first-order chi connectivity index (χ1) is 12.1. The Bertz CT molecular complexity index is 767. The molecule has 0 aromatic carbocycles. The number of morpholine rings is 1. The molecule has 1 atom stereocenters. The molecule has 25 heavy (non-hydrogen) atoms. The second-order valence-electron chi connectivity index (χ2n) is 6.88. The topological polar surface area (TPSA) is 94.5 Å². The lowest BCUT2D eigenvalue weighted by Gasteiger charge is -2.31. The Labute approximate surface area is 145 Å². The van der Waals surface area contributed by atoms with Crippen LogP contribution in [0.5, 0.6) is 0 Å². The molecule has 1 amide bonds. The zero-order valence-electron chi connectivity index (χ0n) is 14.5. The van der Waals surface area contributed by atoms with Gasteiger partial charge in [0.15, 0.2) is 11.8 Å². The molecule has 1 fully saturated rings. The van der Waals surface area contributed by atoms with E-state index in [0.717, 1.165) is 37.0 Å². The number of ether oxygens (including phenoxy) is 1. The first-order valence-electron chi connectivity index (χ1n) is 8.85. The molecule has 4 rings (SSSR count). The summed E-state index contributed by atoms with van der Waals surface area (Å²) in [5.41, 5.74) is 1.42. The number of carbonyl (C=O) groups is 1. The largest absolute Gasteiger partial charge is 0.422 e. The second kappa shape index (κ2) is 6.59. The fourth-order valence-corrected chi connectivity index (χ4v) is 3.30. The molecule has 1 aliphatic heterocycles. The van der Waals surface area contributed by atoms with Crippen LogP contribution in [-0.2, 0) is 17.6 Å². The molecule has 2 aromatic rings. The first kappa shape index (κ1) is 16.3. The highest BCUT2D eigenvalue weighted by Gasteiger charge is 2.33. The Morgan fingerprint density at radius 1 is 1.24 bits per heavy atom. The van der Waals surface area contributed by atoms with Crippen LogP contribution in [-0.4, -0.2) is 45.9 Å². The summed E-state index contributed by atoms with van der Waals surface area (Å²) in [6.07, 6.45) is 3.47. The van der Waals surface area contributed by atoms with Gasteiger partial charge in [-0.15, -0.1) is 10.2 Å². The van der Waals surface area contributed by atoms with Gasteiger partial charge in [0.25, 0.3) is 5.91 Å². The number of aromatic nitrogens is 3. The molecule has 1 saturated heterocycles. The third-order valence-corrected chi connectivity index (χ3v) is 4.73. The van der Waals surface area contributed by atoms with Gasteiger partial charge in [-0.05, 0) is 19.3 Å². The van der Waals surface area contributed by atoms with E-state index >= 15 is 0 Å². The number of carbonyl (C=O) groups excluding carboxylic acids is 1. The zero-order valence-corrected chi connectivity index (χ0v) is 14.5. The Morgan fingerprint density at radius 3 is 2.88 bits per heavy atom. The molecule has 8 nitrogen and oxygen atoms in total. The zero-order chi connectivity index (χ0) is 17.4. The third-order valence-electron chi connectivity index (χ3n) is 4.73. The molecule has 0 unspecified atom stereocenters. The van der Waals surface area contributed by atoms with E-state index in [1.807, 2.05) is 13.8 Å². The number of rotatable bonds is 3. The third kappa shape index (κ3) is 3.06. The molecule has 2 aromatic heterocycles. The molecule has 3 heterocycles. The molecule has 8 heteroatoms. The van der Waals surface area contributed by atoms with Crippen LogP contribution in [0.2, 0.25) is 0 Å². The standard InChI is InChI=1S/C17H22N4O4/c1-10(2)15-18-19-16(24-15)13-9-21(7-8-23-13)17(22)14-11-5-3-4-6-12(11)25-20-14/h10,13H,3-9H2,1-2H3/t13-/m1/s1. The SMILES string of the molecule is CC(C)c1nnc([C@H]2CN(C(=O)c3noc4c3CCCC4)CCO2)o1. The van der Waals surface area contributed by atoms with Gasteiger partial charge in [-0.2, -0.15) is 0 Å². The maximum absolute atomic E-state index is 12.9. The molecular weight excluding hydrogens is 324 g/mol. The minimum absolute atomic E-state index is 0.108. The normalized spacial score (nSPS) is 20.8. The summed E-state index contributed by atoms with van der Waals surface area (Å²) in [7, 11) is 0. The Balaban J connectivity index is 1.50. The Kier molecular flexibility index (Phi) is 4.29. The summed E-state index contributed by atoms with van der Waals surface area (Å²) >= 11 is 0. The van der Waals surface area contributed by atoms with E-state index in [2.05, 4.69) is 15.4 Å². The summed E-state index contributed by atoms with van der Waals surface area (Å²) in [6, 6.07) is 0. The molecule has 1 aliphatic carbocycles. The lowest BCUT2D eigenvalue weighted by Crippen LogP contribution is -2.42. The van der Waals surface area contributed by atoms with Gasteiger partial charge < -0.3 is 18.6 Å². The average molecular weight is 346 g/mol. The minimum Gasteiger partial charge on any atom is -0.422 e. The van der Waals surface area contributed by atoms with Crippen molar-refractivity contribution in [3.8, 4) is 0 Å². The van der Waals surface area contributed by atoms with Crippen LogP contribution in [0.4, 0.5) is 0 Å². The number of amides is 1. The summed E-state index contributed by atoms with van der Waals surface area (Å²) < 4.78 is 16.8. The highest BCUT2D eigenvalue weighted by atomic mass is 16.5. The second-order valence-corrected chi connectivity index (χ2v) is 6.88.